The number of aromatic amines is 1. The number of methoxy groups -OCH3 is 6. The monoisotopic (exact) mass is 401 g/mol. The zero-order valence-corrected chi connectivity index (χ0v) is 17.2. The molecule has 0 aliphatic carbocycles. The summed E-state index contributed by atoms with van der Waals surface area (Å²) in [7, 11) is 9.36. The van der Waals surface area contributed by atoms with E-state index in [-0.39, 0.29) is 0 Å². The molecule has 0 bridgehead atoms. The molecule has 0 atom stereocenters. The summed E-state index contributed by atoms with van der Waals surface area (Å²) in [6, 6.07) is 7.14. The smallest absolute Gasteiger partial charge is 0.203 e. The molecule has 3 rings (SSSR count). The number of hydrogen-bond donors (Lipinski definition) is 1. The van der Waals surface area contributed by atoms with Gasteiger partial charge in [-0.1, -0.05) is 0 Å². The fraction of sp³-hybridized carbons (Fsp3) is 0.300. The highest BCUT2D eigenvalue weighted by Crippen LogP contribution is 2.46. The van der Waals surface area contributed by atoms with Crippen molar-refractivity contribution in [2.45, 2.75) is 0 Å². The number of aromatic nitrogens is 3. The molecule has 0 saturated heterocycles. The molecule has 0 unspecified atom stereocenters. The maximum absolute atomic E-state index is 5.58. The second-order valence-electron chi connectivity index (χ2n) is 5.85. The van der Waals surface area contributed by atoms with E-state index in [1.54, 1.807) is 66.9 Å². The van der Waals surface area contributed by atoms with E-state index in [4.69, 9.17) is 28.4 Å². The van der Waals surface area contributed by atoms with Gasteiger partial charge in [-0.05, 0) is 18.2 Å². The van der Waals surface area contributed by atoms with Gasteiger partial charge in [-0.25, -0.2) is 0 Å². The zero-order valence-electron chi connectivity index (χ0n) is 17.2. The number of rotatable bonds is 8. The van der Waals surface area contributed by atoms with Crippen LogP contribution in [0.15, 0.2) is 24.3 Å². The fourth-order valence-corrected chi connectivity index (χ4v) is 3.07. The van der Waals surface area contributed by atoms with Gasteiger partial charge in [-0.2, -0.15) is 15.4 Å². The summed E-state index contributed by atoms with van der Waals surface area (Å²) in [5, 5.41) is 11.3. The first-order chi connectivity index (χ1) is 14.1. The van der Waals surface area contributed by atoms with E-state index < -0.39 is 0 Å². The van der Waals surface area contributed by atoms with Gasteiger partial charge in [0.2, 0.25) is 5.75 Å². The Kier molecular flexibility index (Phi) is 5.96. The van der Waals surface area contributed by atoms with Crippen LogP contribution in [0.2, 0.25) is 0 Å². The molecule has 1 aromatic heterocycles. The molecule has 1 N–H and O–H groups in total. The van der Waals surface area contributed by atoms with Gasteiger partial charge in [0.1, 0.15) is 17.1 Å². The first-order valence-corrected chi connectivity index (χ1v) is 8.63. The van der Waals surface area contributed by atoms with Crippen LogP contribution in [0.25, 0.3) is 22.5 Å². The summed E-state index contributed by atoms with van der Waals surface area (Å²) < 4.78 is 32.7. The molecular weight excluding hydrogens is 378 g/mol. The van der Waals surface area contributed by atoms with Crippen LogP contribution in [0, 0.1) is 0 Å². The summed E-state index contributed by atoms with van der Waals surface area (Å²) >= 11 is 0. The van der Waals surface area contributed by atoms with Gasteiger partial charge in [0, 0.05) is 11.6 Å². The van der Waals surface area contributed by atoms with Gasteiger partial charge in [-0.15, -0.1) is 0 Å². The number of nitrogens with one attached hydrogen (secondary N) is 1. The maximum Gasteiger partial charge on any atom is 0.203 e. The van der Waals surface area contributed by atoms with E-state index in [0.717, 1.165) is 0 Å². The normalized spacial score (nSPS) is 10.4. The van der Waals surface area contributed by atoms with E-state index in [9.17, 15) is 0 Å². The largest absolute Gasteiger partial charge is 0.497 e. The topological polar surface area (TPSA) is 97.0 Å². The van der Waals surface area contributed by atoms with E-state index in [0.29, 0.717) is 57.0 Å². The van der Waals surface area contributed by atoms with E-state index in [1.807, 2.05) is 0 Å². The summed E-state index contributed by atoms with van der Waals surface area (Å²) in [5.41, 5.74) is 2.49. The molecule has 0 spiro atoms. The third-order valence-electron chi connectivity index (χ3n) is 4.43. The Hall–Kier alpha value is -3.62. The van der Waals surface area contributed by atoms with E-state index >= 15 is 0 Å². The number of hydrogen-bond acceptors (Lipinski definition) is 8. The predicted molar refractivity (Wildman–Crippen MR) is 107 cm³/mol. The minimum atomic E-state index is 0.490. The van der Waals surface area contributed by atoms with Crippen LogP contribution in [0.3, 0.4) is 0 Å². The minimum absolute atomic E-state index is 0.490. The van der Waals surface area contributed by atoms with Crippen molar-refractivity contribution in [3.05, 3.63) is 24.3 Å². The van der Waals surface area contributed by atoms with Gasteiger partial charge in [0.15, 0.2) is 23.0 Å². The van der Waals surface area contributed by atoms with E-state index in [1.165, 1.54) is 0 Å². The molecule has 0 aliphatic rings. The molecule has 0 radical (unpaired) electrons. The van der Waals surface area contributed by atoms with Crippen molar-refractivity contribution >= 4 is 0 Å². The van der Waals surface area contributed by atoms with Crippen molar-refractivity contribution in [2.24, 2.45) is 0 Å². The lowest BCUT2D eigenvalue weighted by Crippen LogP contribution is -1.98. The summed E-state index contributed by atoms with van der Waals surface area (Å²) in [5.74, 6) is 3.12. The summed E-state index contributed by atoms with van der Waals surface area (Å²) in [4.78, 5) is 0. The Morgan fingerprint density at radius 1 is 0.586 bits per heavy atom. The molecular formula is C20H23N3O6. The third kappa shape index (κ3) is 3.58. The molecule has 9 nitrogen and oxygen atoms in total. The second-order valence-corrected chi connectivity index (χ2v) is 5.85. The van der Waals surface area contributed by atoms with Crippen molar-refractivity contribution in [1.82, 2.24) is 15.4 Å². The molecule has 0 amide bonds. The van der Waals surface area contributed by atoms with Gasteiger partial charge in [0.05, 0.1) is 48.2 Å². The Balaban J connectivity index is 2.24. The van der Waals surface area contributed by atoms with Crippen molar-refractivity contribution in [1.29, 1.82) is 0 Å². The molecule has 154 valence electrons. The van der Waals surface area contributed by atoms with Crippen LogP contribution >= 0.6 is 0 Å². The highest BCUT2D eigenvalue weighted by Gasteiger charge is 2.23. The molecule has 0 aliphatic heterocycles. The number of ether oxygens (including phenoxy) is 6. The van der Waals surface area contributed by atoms with Crippen LogP contribution in [0.4, 0.5) is 0 Å². The van der Waals surface area contributed by atoms with Crippen LogP contribution < -0.4 is 28.4 Å². The van der Waals surface area contributed by atoms with Gasteiger partial charge < -0.3 is 28.4 Å². The second kappa shape index (κ2) is 8.59. The maximum atomic E-state index is 5.58. The SMILES string of the molecule is COc1cc(OC)c(OC)c(-c2n[nH]nc2-c2cc(OC)c(OC)c(OC)c2)c1. The predicted octanol–water partition coefficient (Wildman–Crippen LogP) is 3.19. The minimum Gasteiger partial charge on any atom is -0.497 e. The van der Waals surface area contributed by atoms with E-state index in [2.05, 4.69) is 15.4 Å². The average molecular weight is 401 g/mol. The molecule has 2 aromatic carbocycles. The van der Waals surface area contributed by atoms with Crippen LogP contribution in [-0.4, -0.2) is 58.1 Å². The van der Waals surface area contributed by atoms with Crippen molar-refractivity contribution in [3.63, 3.8) is 0 Å². The highest BCUT2D eigenvalue weighted by molar-refractivity contribution is 5.84. The molecule has 0 saturated carbocycles. The molecule has 0 fully saturated rings. The lowest BCUT2D eigenvalue weighted by molar-refractivity contribution is 0.324. The van der Waals surface area contributed by atoms with Gasteiger partial charge >= 0.3 is 0 Å². The first-order valence-electron chi connectivity index (χ1n) is 8.63. The lowest BCUT2D eigenvalue weighted by Gasteiger charge is -2.15. The van der Waals surface area contributed by atoms with Crippen molar-refractivity contribution in [2.75, 3.05) is 42.7 Å². The van der Waals surface area contributed by atoms with Crippen molar-refractivity contribution in [3.8, 4) is 57.0 Å². The number of H-pyrrole nitrogens is 1. The van der Waals surface area contributed by atoms with Crippen LogP contribution in [0.5, 0.6) is 34.5 Å². The number of benzene rings is 2. The van der Waals surface area contributed by atoms with Crippen LogP contribution in [-0.2, 0) is 0 Å². The quantitative estimate of drug-likeness (QED) is 0.615. The Labute approximate surface area is 168 Å². The molecule has 9 heteroatoms. The Bertz CT molecular complexity index is 977. The van der Waals surface area contributed by atoms with Crippen molar-refractivity contribution < 1.29 is 28.4 Å². The molecule has 29 heavy (non-hydrogen) atoms. The van der Waals surface area contributed by atoms with Gasteiger partial charge in [0.25, 0.3) is 0 Å². The summed E-state index contributed by atoms with van der Waals surface area (Å²) in [6.07, 6.45) is 0. The van der Waals surface area contributed by atoms with Crippen LogP contribution in [0.1, 0.15) is 0 Å². The third-order valence-corrected chi connectivity index (χ3v) is 4.43. The zero-order chi connectivity index (χ0) is 21.0. The number of nitrogens with zero attached hydrogens (tertiary/aromatic N) is 2. The lowest BCUT2D eigenvalue weighted by atomic mass is 10.0. The average Bonchev–Trinajstić information content (AvgIpc) is 3.26. The first kappa shape index (κ1) is 20.1. The standard InChI is InChI=1S/C20H23N3O6/c1-24-12-9-13(19(28-5)16(10-12)27-4)18-17(21-23-22-18)11-7-14(25-2)20(29-6)15(8-11)26-3/h7-10H,1-6H3,(H,21,22,23). The molecule has 1 heterocycles. The fourth-order valence-electron chi connectivity index (χ4n) is 3.07. The summed E-state index contributed by atoms with van der Waals surface area (Å²) in [6.45, 7) is 0. The highest BCUT2D eigenvalue weighted by atomic mass is 16.5. The Morgan fingerprint density at radius 3 is 1.66 bits per heavy atom. The van der Waals surface area contributed by atoms with Gasteiger partial charge in [-0.3, -0.25) is 0 Å². The Morgan fingerprint density at radius 2 is 1.14 bits per heavy atom. The molecule has 3 aromatic rings.